The second kappa shape index (κ2) is 8.91. The number of benzene rings is 1. The van der Waals surface area contributed by atoms with Gasteiger partial charge in [-0.2, -0.15) is 5.10 Å². The molecule has 3 aliphatic heterocycles. The van der Waals surface area contributed by atoms with E-state index in [2.05, 4.69) is 17.0 Å². The van der Waals surface area contributed by atoms with Gasteiger partial charge in [-0.1, -0.05) is 6.07 Å². The van der Waals surface area contributed by atoms with E-state index in [-0.39, 0.29) is 5.91 Å². The summed E-state index contributed by atoms with van der Waals surface area (Å²) >= 11 is 0. The predicted octanol–water partition coefficient (Wildman–Crippen LogP) is 2.69. The monoisotopic (exact) mass is 424 g/mol. The minimum Gasteiger partial charge on any atom is -0.486 e. The molecule has 3 aliphatic rings. The molecule has 4 heterocycles. The smallest absolute Gasteiger partial charge is 0.222 e. The summed E-state index contributed by atoms with van der Waals surface area (Å²) in [5.74, 6) is 1.96. The van der Waals surface area contributed by atoms with Crippen LogP contribution in [0.5, 0.6) is 11.5 Å². The quantitative estimate of drug-likeness (QED) is 0.739. The van der Waals surface area contributed by atoms with E-state index in [0.29, 0.717) is 19.6 Å². The van der Waals surface area contributed by atoms with Crippen LogP contribution in [-0.4, -0.2) is 58.3 Å². The molecule has 0 N–H and O–H groups in total. The normalized spacial score (nSPS) is 18.7. The molecule has 0 radical (unpaired) electrons. The number of fused-ring (bicyclic) bond motifs is 2. The summed E-state index contributed by atoms with van der Waals surface area (Å²) in [5, 5.41) is 4.79. The molecular weight excluding hydrogens is 392 g/mol. The molecule has 1 saturated heterocycles. The number of carbonyl (C=O) groups excluding carboxylic acids is 1. The van der Waals surface area contributed by atoms with E-state index in [1.807, 2.05) is 22.7 Å². The number of hydrogen-bond acceptors (Lipinski definition) is 5. The zero-order valence-corrected chi connectivity index (χ0v) is 18.4. The molecule has 166 valence electrons. The van der Waals surface area contributed by atoms with E-state index >= 15 is 0 Å². The predicted molar refractivity (Wildman–Crippen MR) is 117 cm³/mol. The molecule has 0 bridgehead atoms. The van der Waals surface area contributed by atoms with Crippen LogP contribution in [-0.2, 0) is 37.8 Å². The molecule has 1 aromatic carbocycles. The fourth-order valence-corrected chi connectivity index (χ4v) is 5.03. The van der Waals surface area contributed by atoms with Crippen LogP contribution in [0, 0.1) is 0 Å². The molecule has 0 aliphatic carbocycles. The minimum absolute atomic E-state index is 0.281. The molecule has 1 aromatic heterocycles. The maximum atomic E-state index is 12.6. The van der Waals surface area contributed by atoms with E-state index < -0.39 is 0 Å². The Morgan fingerprint density at radius 1 is 1.06 bits per heavy atom. The van der Waals surface area contributed by atoms with Crippen molar-refractivity contribution in [2.75, 3.05) is 32.8 Å². The highest BCUT2D eigenvalue weighted by Crippen LogP contribution is 2.32. The molecular formula is C24H32N4O3. The number of ether oxygens (including phenoxy) is 2. The molecule has 1 fully saturated rings. The van der Waals surface area contributed by atoms with Crippen molar-refractivity contribution in [1.82, 2.24) is 19.6 Å². The summed E-state index contributed by atoms with van der Waals surface area (Å²) in [6.45, 7) is 5.82. The molecule has 1 amide bonds. The second-order valence-corrected chi connectivity index (χ2v) is 8.88. The Kier molecular flexibility index (Phi) is 5.85. The number of piperidine rings is 1. The number of rotatable bonds is 5. The van der Waals surface area contributed by atoms with Gasteiger partial charge < -0.3 is 14.4 Å². The number of aryl methyl sites for hydroxylation is 2. The highest BCUT2D eigenvalue weighted by molar-refractivity contribution is 5.76. The van der Waals surface area contributed by atoms with Gasteiger partial charge in [-0.3, -0.25) is 14.4 Å². The lowest BCUT2D eigenvalue weighted by Gasteiger charge is -2.28. The van der Waals surface area contributed by atoms with E-state index in [1.54, 1.807) is 0 Å². The van der Waals surface area contributed by atoms with Gasteiger partial charge in [0.05, 0.1) is 5.69 Å². The van der Waals surface area contributed by atoms with Crippen LogP contribution >= 0.6 is 0 Å². The standard InChI is InChI=1S/C24H32N4O3/c1-26-21-9-12-27(16-18-5-7-22-23(15-18)31-14-13-30-22)17-19(21)20(25-26)6-8-24(29)28-10-3-2-4-11-28/h5,7,15H,2-4,6,8-14,16-17H2,1H3. The van der Waals surface area contributed by atoms with Crippen LogP contribution in [0.3, 0.4) is 0 Å². The number of nitrogens with zero attached hydrogens (tertiary/aromatic N) is 4. The molecule has 7 nitrogen and oxygen atoms in total. The van der Waals surface area contributed by atoms with Gasteiger partial charge in [0.25, 0.3) is 0 Å². The van der Waals surface area contributed by atoms with Gasteiger partial charge in [0, 0.05) is 70.3 Å². The van der Waals surface area contributed by atoms with Gasteiger partial charge in [0.2, 0.25) is 5.91 Å². The van der Waals surface area contributed by atoms with Gasteiger partial charge in [-0.15, -0.1) is 0 Å². The first-order chi connectivity index (χ1) is 15.2. The van der Waals surface area contributed by atoms with Crippen molar-refractivity contribution in [1.29, 1.82) is 0 Å². The van der Waals surface area contributed by atoms with E-state index in [0.717, 1.165) is 75.6 Å². The molecule has 5 rings (SSSR count). The highest BCUT2D eigenvalue weighted by atomic mass is 16.6. The maximum absolute atomic E-state index is 12.6. The van der Waals surface area contributed by atoms with Crippen molar-refractivity contribution in [3.63, 3.8) is 0 Å². The third kappa shape index (κ3) is 4.42. The zero-order chi connectivity index (χ0) is 21.2. The van der Waals surface area contributed by atoms with E-state index in [4.69, 9.17) is 14.6 Å². The van der Waals surface area contributed by atoms with Crippen LogP contribution in [0.2, 0.25) is 0 Å². The molecule has 0 saturated carbocycles. The Bertz CT molecular complexity index is 949. The zero-order valence-electron chi connectivity index (χ0n) is 18.4. The van der Waals surface area contributed by atoms with Crippen LogP contribution < -0.4 is 9.47 Å². The Hall–Kier alpha value is -2.54. The van der Waals surface area contributed by atoms with Crippen LogP contribution in [0.4, 0.5) is 0 Å². The van der Waals surface area contributed by atoms with Crippen LogP contribution in [0.1, 0.15) is 48.2 Å². The Labute approximate surface area is 183 Å². The first-order valence-electron chi connectivity index (χ1n) is 11.6. The summed E-state index contributed by atoms with van der Waals surface area (Å²) in [6, 6.07) is 6.25. The third-order valence-electron chi connectivity index (χ3n) is 6.70. The van der Waals surface area contributed by atoms with Gasteiger partial charge in [-0.05, 0) is 37.0 Å². The topological polar surface area (TPSA) is 59.8 Å². The lowest BCUT2D eigenvalue weighted by atomic mass is 10.0. The average molecular weight is 425 g/mol. The van der Waals surface area contributed by atoms with Crippen LogP contribution in [0.15, 0.2) is 18.2 Å². The van der Waals surface area contributed by atoms with Gasteiger partial charge in [-0.25, -0.2) is 0 Å². The lowest BCUT2D eigenvalue weighted by Crippen LogP contribution is -2.35. The summed E-state index contributed by atoms with van der Waals surface area (Å²) < 4.78 is 13.4. The van der Waals surface area contributed by atoms with Crippen molar-refractivity contribution in [3.8, 4) is 11.5 Å². The fourth-order valence-electron chi connectivity index (χ4n) is 5.03. The number of amides is 1. The Balaban J connectivity index is 1.24. The first kappa shape index (κ1) is 20.4. The third-order valence-corrected chi connectivity index (χ3v) is 6.70. The van der Waals surface area contributed by atoms with Gasteiger partial charge in [0.1, 0.15) is 13.2 Å². The van der Waals surface area contributed by atoms with Crippen LogP contribution in [0.25, 0.3) is 0 Å². The molecule has 7 heteroatoms. The Morgan fingerprint density at radius 3 is 2.71 bits per heavy atom. The molecule has 0 unspecified atom stereocenters. The Morgan fingerprint density at radius 2 is 1.87 bits per heavy atom. The van der Waals surface area contributed by atoms with Crippen molar-refractivity contribution in [2.24, 2.45) is 7.05 Å². The molecule has 0 atom stereocenters. The van der Waals surface area contributed by atoms with Gasteiger partial charge >= 0.3 is 0 Å². The number of hydrogen-bond donors (Lipinski definition) is 0. The number of aromatic nitrogens is 2. The van der Waals surface area contributed by atoms with Crippen molar-refractivity contribution in [3.05, 3.63) is 40.7 Å². The van der Waals surface area contributed by atoms with Crippen molar-refractivity contribution < 1.29 is 14.3 Å². The minimum atomic E-state index is 0.281. The van der Waals surface area contributed by atoms with E-state index in [1.165, 1.54) is 23.2 Å². The fraction of sp³-hybridized carbons (Fsp3) is 0.583. The molecule has 0 spiro atoms. The van der Waals surface area contributed by atoms with E-state index in [9.17, 15) is 4.79 Å². The summed E-state index contributed by atoms with van der Waals surface area (Å²) in [6.07, 6.45) is 5.81. The number of likely N-dealkylation sites (tertiary alicyclic amines) is 1. The average Bonchev–Trinajstić information content (AvgIpc) is 3.13. The second-order valence-electron chi connectivity index (χ2n) is 8.88. The summed E-state index contributed by atoms with van der Waals surface area (Å²) in [5.41, 5.74) is 4.96. The van der Waals surface area contributed by atoms with Crippen molar-refractivity contribution >= 4 is 5.91 Å². The highest BCUT2D eigenvalue weighted by Gasteiger charge is 2.25. The number of carbonyl (C=O) groups is 1. The van der Waals surface area contributed by atoms with Crippen molar-refractivity contribution in [2.45, 2.75) is 51.6 Å². The maximum Gasteiger partial charge on any atom is 0.222 e. The SMILES string of the molecule is Cn1nc(CCC(=O)N2CCCCC2)c2c1CCN(Cc1ccc3c(c1)OCCO3)C2. The first-order valence-corrected chi connectivity index (χ1v) is 11.6. The largest absolute Gasteiger partial charge is 0.486 e. The summed E-state index contributed by atoms with van der Waals surface area (Å²) in [4.78, 5) is 17.1. The van der Waals surface area contributed by atoms with Gasteiger partial charge in [0.15, 0.2) is 11.5 Å². The lowest BCUT2D eigenvalue weighted by molar-refractivity contribution is -0.132. The molecule has 2 aromatic rings. The molecule has 31 heavy (non-hydrogen) atoms. The summed E-state index contributed by atoms with van der Waals surface area (Å²) in [7, 11) is 2.03.